The fourth-order valence-corrected chi connectivity index (χ4v) is 3.82. The van der Waals surface area contributed by atoms with Gasteiger partial charge in [0, 0.05) is 38.9 Å². The molecule has 0 aromatic heterocycles. The van der Waals surface area contributed by atoms with Crippen LogP contribution in [0, 0.1) is 11.8 Å². The molecule has 3 unspecified atom stereocenters. The second-order valence-corrected chi connectivity index (χ2v) is 9.40. The van der Waals surface area contributed by atoms with Gasteiger partial charge in [0.1, 0.15) is 5.75 Å². The zero-order chi connectivity index (χ0) is 23.5. The first-order valence-corrected chi connectivity index (χ1v) is 12.0. The number of nitrogens with two attached hydrogens (primary N) is 1. The highest BCUT2D eigenvalue weighted by molar-refractivity contribution is 5.96. The second kappa shape index (κ2) is 13.8. The standard InChI is InChI=1S/C25H43N3O4/c1-18(2)19(15-22(26)23(29)17-28(3)20-11-12-20)16-27-25(30)21-9-5-6-10-24(21)32-14-8-7-13-31-4/h5-6,9-10,18-20,22-23,29H,7-8,11-17,26H2,1-4H3,(H,27,30). The van der Waals surface area contributed by atoms with Gasteiger partial charge in [-0.1, -0.05) is 26.0 Å². The molecule has 32 heavy (non-hydrogen) atoms. The minimum atomic E-state index is -0.565. The molecule has 3 atom stereocenters. The summed E-state index contributed by atoms with van der Waals surface area (Å²) in [7, 11) is 3.73. The van der Waals surface area contributed by atoms with E-state index < -0.39 is 6.10 Å². The Balaban J connectivity index is 1.85. The molecule has 0 aliphatic heterocycles. The van der Waals surface area contributed by atoms with E-state index in [1.54, 1.807) is 13.2 Å². The maximum atomic E-state index is 12.9. The van der Waals surface area contributed by atoms with Crippen LogP contribution in [-0.4, -0.2) is 74.6 Å². The number of aliphatic hydroxyl groups is 1. The van der Waals surface area contributed by atoms with E-state index in [4.69, 9.17) is 15.2 Å². The van der Waals surface area contributed by atoms with Crippen LogP contribution in [0.1, 0.15) is 56.3 Å². The minimum absolute atomic E-state index is 0.147. The van der Waals surface area contributed by atoms with Gasteiger partial charge >= 0.3 is 0 Å². The smallest absolute Gasteiger partial charge is 0.255 e. The maximum absolute atomic E-state index is 12.9. The number of aliphatic hydroxyl groups excluding tert-OH is 1. The highest BCUT2D eigenvalue weighted by Gasteiger charge is 2.30. The summed E-state index contributed by atoms with van der Waals surface area (Å²) in [5.41, 5.74) is 6.88. The van der Waals surface area contributed by atoms with E-state index in [2.05, 4.69) is 24.1 Å². The van der Waals surface area contributed by atoms with Crippen LogP contribution in [-0.2, 0) is 4.74 Å². The summed E-state index contributed by atoms with van der Waals surface area (Å²) >= 11 is 0. The van der Waals surface area contributed by atoms with Crippen LogP contribution in [0.5, 0.6) is 5.75 Å². The normalized spacial score (nSPS) is 16.8. The topological polar surface area (TPSA) is 97.0 Å². The molecule has 2 rings (SSSR count). The van der Waals surface area contributed by atoms with Gasteiger partial charge in [-0.3, -0.25) is 4.79 Å². The highest BCUT2D eigenvalue weighted by Crippen LogP contribution is 2.26. The van der Waals surface area contributed by atoms with Gasteiger partial charge < -0.3 is 30.5 Å². The number of hydrogen-bond donors (Lipinski definition) is 3. The Hall–Kier alpha value is -1.67. The molecule has 7 heteroatoms. The Morgan fingerprint density at radius 3 is 2.59 bits per heavy atom. The molecule has 1 fully saturated rings. The first-order chi connectivity index (χ1) is 15.3. The lowest BCUT2D eigenvalue weighted by molar-refractivity contribution is 0.0844. The Morgan fingerprint density at radius 1 is 1.25 bits per heavy atom. The summed E-state index contributed by atoms with van der Waals surface area (Å²) < 4.78 is 10.9. The fourth-order valence-electron chi connectivity index (χ4n) is 3.82. The molecule has 0 bridgehead atoms. The fraction of sp³-hybridized carbons (Fsp3) is 0.720. The monoisotopic (exact) mass is 449 g/mol. The average Bonchev–Trinajstić information content (AvgIpc) is 3.61. The maximum Gasteiger partial charge on any atom is 0.255 e. The number of carbonyl (C=O) groups is 1. The van der Waals surface area contributed by atoms with Crippen molar-refractivity contribution < 1.29 is 19.4 Å². The van der Waals surface area contributed by atoms with Crippen molar-refractivity contribution in [3.63, 3.8) is 0 Å². The molecule has 0 radical (unpaired) electrons. The summed E-state index contributed by atoms with van der Waals surface area (Å²) in [5, 5.41) is 13.6. The molecule has 182 valence electrons. The van der Waals surface area contributed by atoms with Crippen LogP contribution < -0.4 is 15.8 Å². The molecule has 1 saturated carbocycles. The summed E-state index contributed by atoms with van der Waals surface area (Å²) in [4.78, 5) is 15.1. The highest BCUT2D eigenvalue weighted by atomic mass is 16.5. The molecule has 7 nitrogen and oxygen atoms in total. The van der Waals surface area contributed by atoms with Gasteiger partial charge in [0.25, 0.3) is 5.91 Å². The molecule has 1 aromatic carbocycles. The molecule has 4 N–H and O–H groups in total. The van der Waals surface area contributed by atoms with Gasteiger partial charge in [0.15, 0.2) is 0 Å². The third kappa shape index (κ3) is 9.06. The number of benzene rings is 1. The lowest BCUT2D eigenvalue weighted by Gasteiger charge is -2.29. The van der Waals surface area contributed by atoms with E-state index in [0.29, 0.717) is 56.0 Å². The van der Waals surface area contributed by atoms with Crippen LogP contribution >= 0.6 is 0 Å². The van der Waals surface area contributed by atoms with Gasteiger partial charge in [-0.15, -0.1) is 0 Å². The van der Waals surface area contributed by atoms with Crippen molar-refractivity contribution in [3.05, 3.63) is 29.8 Å². The van der Waals surface area contributed by atoms with E-state index >= 15 is 0 Å². The van der Waals surface area contributed by atoms with Crippen LogP contribution in [0.4, 0.5) is 0 Å². The molecule has 1 amide bonds. The lowest BCUT2D eigenvalue weighted by Crippen LogP contribution is -2.45. The van der Waals surface area contributed by atoms with Gasteiger partial charge in [0.2, 0.25) is 0 Å². The van der Waals surface area contributed by atoms with Crippen molar-refractivity contribution >= 4 is 5.91 Å². The number of hydrogen-bond acceptors (Lipinski definition) is 6. The third-order valence-electron chi connectivity index (χ3n) is 6.31. The van der Waals surface area contributed by atoms with Gasteiger partial charge in [-0.25, -0.2) is 0 Å². The quantitative estimate of drug-likeness (QED) is 0.336. The van der Waals surface area contributed by atoms with E-state index in [1.807, 2.05) is 25.2 Å². The van der Waals surface area contributed by atoms with Crippen molar-refractivity contribution in [2.75, 3.05) is 40.5 Å². The van der Waals surface area contributed by atoms with E-state index in [0.717, 1.165) is 12.8 Å². The largest absolute Gasteiger partial charge is 0.493 e. The van der Waals surface area contributed by atoms with Crippen LogP contribution in [0.25, 0.3) is 0 Å². The number of nitrogens with zero attached hydrogens (tertiary/aromatic N) is 1. The first-order valence-electron chi connectivity index (χ1n) is 12.0. The minimum Gasteiger partial charge on any atom is -0.493 e. The average molecular weight is 450 g/mol. The molecule has 0 spiro atoms. The number of likely N-dealkylation sites (N-methyl/N-ethyl adjacent to an activating group) is 1. The van der Waals surface area contributed by atoms with E-state index in [-0.39, 0.29) is 17.9 Å². The number of rotatable bonds is 16. The Labute approximate surface area is 193 Å². The SMILES string of the molecule is COCCCCOc1ccccc1C(=O)NCC(CC(N)C(O)CN(C)C1CC1)C(C)C. The number of ether oxygens (including phenoxy) is 2. The van der Waals surface area contributed by atoms with Crippen molar-refractivity contribution in [3.8, 4) is 5.75 Å². The number of carbonyl (C=O) groups excluding carboxylic acids is 1. The van der Waals surface area contributed by atoms with E-state index in [1.165, 1.54) is 12.8 Å². The van der Waals surface area contributed by atoms with Crippen molar-refractivity contribution in [1.82, 2.24) is 10.2 Å². The zero-order valence-corrected chi connectivity index (χ0v) is 20.3. The van der Waals surface area contributed by atoms with Crippen LogP contribution in [0.15, 0.2) is 24.3 Å². The lowest BCUT2D eigenvalue weighted by atomic mass is 9.87. The van der Waals surface area contributed by atoms with Crippen molar-refractivity contribution in [1.29, 1.82) is 0 Å². The van der Waals surface area contributed by atoms with Crippen LogP contribution in [0.3, 0.4) is 0 Å². The number of amides is 1. The molecule has 1 aliphatic carbocycles. The summed E-state index contributed by atoms with van der Waals surface area (Å²) in [5.74, 6) is 0.962. The van der Waals surface area contributed by atoms with Gasteiger partial charge in [-0.05, 0) is 63.1 Å². The molecule has 0 heterocycles. The predicted molar refractivity (Wildman–Crippen MR) is 128 cm³/mol. The Kier molecular flexibility index (Phi) is 11.4. The zero-order valence-electron chi connectivity index (χ0n) is 20.3. The molecular formula is C25H43N3O4. The number of methoxy groups -OCH3 is 1. The molecule has 1 aliphatic rings. The van der Waals surface area contributed by atoms with Gasteiger partial charge in [0.05, 0.1) is 18.3 Å². The number of unbranched alkanes of at least 4 members (excludes halogenated alkanes) is 1. The summed E-state index contributed by atoms with van der Waals surface area (Å²) in [6.45, 7) is 6.61. The molecule has 1 aromatic rings. The predicted octanol–water partition coefficient (Wildman–Crippen LogP) is 2.67. The van der Waals surface area contributed by atoms with Crippen molar-refractivity contribution in [2.24, 2.45) is 17.6 Å². The molecule has 0 saturated heterocycles. The first kappa shape index (κ1) is 26.6. The van der Waals surface area contributed by atoms with Gasteiger partial charge in [-0.2, -0.15) is 0 Å². The van der Waals surface area contributed by atoms with E-state index in [9.17, 15) is 9.90 Å². The molecular weight excluding hydrogens is 406 g/mol. The summed E-state index contributed by atoms with van der Waals surface area (Å²) in [6.07, 6.45) is 4.30. The number of nitrogens with one attached hydrogen (secondary N) is 1. The summed E-state index contributed by atoms with van der Waals surface area (Å²) in [6, 6.07) is 7.61. The van der Waals surface area contributed by atoms with Crippen LogP contribution in [0.2, 0.25) is 0 Å². The van der Waals surface area contributed by atoms with Crippen molar-refractivity contribution in [2.45, 2.75) is 64.1 Å². The number of para-hydroxylation sites is 1. The Bertz CT molecular complexity index is 681. The Morgan fingerprint density at radius 2 is 1.94 bits per heavy atom. The second-order valence-electron chi connectivity index (χ2n) is 9.40. The third-order valence-corrected chi connectivity index (χ3v) is 6.31.